The topological polar surface area (TPSA) is 64.9 Å². The number of amides is 1. The fourth-order valence-electron chi connectivity index (χ4n) is 3.88. The quantitative estimate of drug-likeness (QED) is 0.786. The minimum Gasteiger partial charge on any atom is -0.336 e. The van der Waals surface area contributed by atoms with E-state index in [1.807, 2.05) is 25.1 Å². The zero-order valence-electron chi connectivity index (χ0n) is 16.7. The van der Waals surface area contributed by atoms with E-state index in [4.69, 9.17) is 0 Å². The summed E-state index contributed by atoms with van der Waals surface area (Å²) >= 11 is 0. The predicted molar refractivity (Wildman–Crippen MR) is 112 cm³/mol. The molecule has 146 valence electrons. The fraction of sp³-hybridized carbons (Fsp3) is 0.417. The van der Waals surface area contributed by atoms with E-state index >= 15 is 0 Å². The van der Waals surface area contributed by atoms with Gasteiger partial charge >= 0.3 is 0 Å². The molecule has 4 nitrogen and oxygen atoms in total. The van der Waals surface area contributed by atoms with Crippen LogP contribution in [0.15, 0.2) is 54.6 Å². The molecule has 2 aromatic rings. The molecule has 28 heavy (non-hydrogen) atoms. The Bertz CT molecular complexity index is 817. The van der Waals surface area contributed by atoms with Gasteiger partial charge in [0.05, 0.1) is 18.2 Å². The molecule has 0 unspecified atom stereocenters. The SMILES string of the molecule is Cc1ccc([C@H](N[C@H](C)C(=O)NC2(C#N)CCCCC2)c2ccccc2)cc1. The van der Waals surface area contributed by atoms with Gasteiger partial charge < -0.3 is 5.32 Å². The first kappa shape index (κ1) is 20.1. The maximum Gasteiger partial charge on any atom is 0.238 e. The second-order valence-corrected chi connectivity index (χ2v) is 7.89. The molecule has 1 aliphatic rings. The number of hydrogen-bond donors (Lipinski definition) is 2. The van der Waals surface area contributed by atoms with Crippen molar-refractivity contribution in [3.63, 3.8) is 0 Å². The number of nitrogens with one attached hydrogen (secondary N) is 2. The van der Waals surface area contributed by atoms with E-state index in [1.165, 1.54) is 5.56 Å². The number of nitrogens with zero attached hydrogens (tertiary/aromatic N) is 1. The van der Waals surface area contributed by atoms with Crippen LogP contribution in [0, 0.1) is 18.3 Å². The summed E-state index contributed by atoms with van der Waals surface area (Å²) in [6.07, 6.45) is 4.60. The summed E-state index contributed by atoms with van der Waals surface area (Å²) in [6.45, 7) is 3.93. The molecule has 1 amide bonds. The second kappa shape index (κ2) is 9.03. The third-order valence-electron chi connectivity index (χ3n) is 5.64. The second-order valence-electron chi connectivity index (χ2n) is 7.89. The number of carbonyl (C=O) groups is 1. The third-order valence-corrected chi connectivity index (χ3v) is 5.64. The van der Waals surface area contributed by atoms with E-state index in [-0.39, 0.29) is 11.9 Å². The van der Waals surface area contributed by atoms with Gasteiger partial charge in [-0.1, -0.05) is 79.4 Å². The van der Waals surface area contributed by atoms with Gasteiger partial charge in [-0.2, -0.15) is 5.26 Å². The molecule has 0 bridgehead atoms. The molecule has 0 aliphatic heterocycles. The van der Waals surface area contributed by atoms with Crippen molar-refractivity contribution in [1.29, 1.82) is 5.26 Å². The molecular formula is C24H29N3O. The average molecular weight is 376 g/mol. The summed E-state index contributed by atoms with van der Waals surface area (Å²) in [5.41, 5.74) is 2.72. The summed E-state index contributed by atoms with van der Waals surface area (Å²) in [5, 5.41) is 16.2. The standard InChI is InChI=1S/C24H29N3O/c1-18-11-13-21(14-12-18)22(20-9-5-3-6-10-20)26-19(2)23(28)27-24(17-25)15-7-4-8-16-24/h3,5-6,9-14,19,22,26H,4,7-8,15-16H2,1-2H3,(H,27,28)/t19-,22-/m1/s1. The van der Waals surface area contributed by atoms with Crippen LogP contribution in [-0.2, 0) is 4.79 Å². The van der Waals surface area contributed by atoms with Crippen LogP contribution >= 0.6 is 0 Å². The smallest absolute Gasteiger partial charge is 0.238 e. The van der Waals surface area contributed by atoms with Gasteiger partial charge in [0.1, 0.15) is 5.54 Å². The molecule has 1 aliphatic carbocycles. The van der Waals surface area contributed by atoms with Gasteiger partial charge in [0.25, 0.3) is 0 Å². The number of nitriles is 1. The number of aryl methyl sites for hydroxylation is 1. The number of rotatable bonds is 6. The van der Waals surface area contributed by atoms with Crippen molar-refractivity contribution >= 4 is 5.91 Å². The Morgan fingerprint density at radius 2 is 1.61 bits per heavy atom. The minimum atomic E-state index is -0.711. The van der Waals surface area contributed by atoms with Crippen molar-refractivity contribution in [2.45, 2.75) is 63.6 Å². The van der Waals surface area contributed by atoms with Crippen LogP contribution in [0.4, 0.5) is 0 Å². The first-order valence-electron chi connectivity index (χ1n) is 10.1. The lowest BCUT2D eigenvalue weighted by Gasteiger charge is -2.33. The summed E-state index contributed by atoms with van der Waals surface area (Å²) in [6, 6.07) is 20.4. The fourth-order valence-corrected chi connectivity index (χ4v) is 3.88. The molecule has 0 heterocycles. The number of hydrogen-bond acceptors (Lipinski definition) is 3. The highest BCUT2D eigenvalue weighted by molar-refractivity contribution is 5.82. The highest BCUT2D eigenvalue weighted by atomic mass is 16.2. The molecule has 0 radical (unpaired) electrons. The summed E-state index contributed by atoms with van der Waals surface area (Å²) < 4.78 is 0. The monoisotopic (exact) mass is 375 g/mol. The molecule has 0 aromatic heterocycles. The molecule has 0 spiro atoms. The van der Waals surface area contributed by atoms with Gasteiger partial charge in [-0.15, -0.1) is 0 Å². The summed E-state index contributed by atoms with van der Waals surface area (Å²) in [5.74, 6) is -0.114. The molecule has 2 N–H and O–H groups in total. The number of carbonyl (C=O) groups excluding carboxylic acids is 1. The van der Waals surface area contributed by atoms with Crippen molar-refractivity contribution < 1.29 is 4.79 Å². The lowest BCUT2D eigenvalue weighted by Crippen LogP contribution is -2.54. The van der Waals surface area contributed by atoms with E-state index in [9.17, 15) is 10.1 Å². The van der Waals surface area contributed by atoms with Crippen LogP contribution in [0.3, 0.4) is 0 Å². The Balaban J connectivity index is 1.77. The van der Waals surface area contributed by atoms with Crippen LogP contribution in [0.2, 0.25) is 0 Å². The first-order chi connectivity index (χ1) is 13.5. The van der Waals surface area contributed by atoms with E-state index in [0.717, 1.165) is 43.2 Å². The molecule has 1 saturated carbocycles. The zero-order chi connectivity index (χ0) is 20.0. The van der Waals surface area contributed by atoms with Gasteiger partial charge in [-0.05, 0) is 37.8 Å². The molecule has 2 atom stereocenters. The van der Waals surface area contributed by atoms with Crippen LogP contribution in [0.25, 0.3) is 0 Å². The normalized spacial score (nSPS) is 17.9. The Hall–Kier alpha value is -2.64. The van der Waals surface area contributed by atoms with Crippen molar-refractivity contribution in [1.82, 2.24) is 10.6 Å². The minimum absolute atomic E-state index is 0.0908. The lowest BCUT2D eigenvalue weighted by atomic mass is 9.82. The van der Waals surface area contributed by atoms with Crippen molar-refractivity contribution in [2.75, 3.05) is 0 Å². The average Bonchev–Trinajstić information content (AvgIpc) is 2.74. The Labute approximate surface area is 168 Å². The Kier molecular flexibility index (Phi) is 6.49. The number of benzene rings is 2. The summed E-state index contributed by atoms with van der Waals surface area (Å²) in [4.78, 5) is 12.9. The van der Waals surface area contributed by atoms with Gasteiger partial charge in [0.15, 0.2) is 0 Å². The van der Waals surface area contributed by atoms with Crippen molar-refractivity contribution in [2.24, 2.45) is 0 Å². The zero-order valence-corrected chi connectivity index (χ0v) is 16.7. The van der Waals surface area contributed by atoms with E-state index in [2.05, 4.69) is 60.0 Å². The van der Waals surface area contributed by atoms with E-state index in [0.29, 0.717) is 0 Å². The Morgan fingerprint density at radius 3 is 2.21 bits per heavy atom. The van der Waals surface area contributed by atoms with Gasteiger partial charge in [-0.3, -0.25) is 10.1 Å². The maximum absolute atomic E-state index is 12.9. The maximum atomic E-state index is 12.9. The molecule has 0 saturated heterocycles. The van der Waals surface area contributed by atoms with E-state index in [1.54, 1.807) is 0 Å². The largest absolute Gasteiger partial charge is 0.336 e. The predicted octanol–water partition coefficient (Wildman–Crippen LogP) is 4.41. The Morgan fingerprint density at radius 1 is 1.00 bits per heavy atom. The summed E-state index contributed by atoms with van der Waals surface area (Å²) in [7, 11) is 0. The van der Waals surface area contributed by atoms with Crippen LogP contribution in [0.1, 0.15) is 61.8 Å². The highest BCUT2D eigenvalue weighted by Crippen LogP contribution is 2.28. The highest BCUT2D eigenvalue weighted by Gasteiger charge is 2.35. The molecule has 1 fully saturated rings. The molecule has 2 aromatic carbocycles. The van der Waals surface area contributed by atoms with E-state index < -0.39 is 11.6 Å². The third kappa shape index (κ3) is 4.79. The molecule has 4 heteroatoms. The molecule has 3 rings (SSSR count). The van der Waals surface area contributed by atoms with Gasteiger partial charge in [0, 0.05) is 0 Å². The molecular weight excluding hydrogens is 346 g/mol. The van der Waals surface area contributed by atoms with Gasteiger partial charge in [-0.25, -0.2) is 0 Å². The van der Waals surface area contributed by atoms with Gasteiger partial charge in [0.2, 0.25) is 5.91 Å². The first-order valence-corrected chi connectivity index (χ1v) is 10.1. The lowest BCUT2D eigenvalue weighted by molar-refractivity contribution is -0.124. The van der Waals surface area contributed by atoms with Crippen molar-refractivity contribution in [3.05, 3.63) is 71.3 Å². The van der Waals surface area contributed by atoms with Crippen LogP contribution in [-0.4, -0.2) is 17.5 Å². The van der Waals surface area contributed by atoms with Crippen LogP contribution in [0.5, 0.6) is 0 Å². The van der Waals surface area contributed by atoms with Crippen LogP contribution < -0.4 is 10.6 Å². The van der Waals surface area contributed by atoms with Crippen molar-refractivity contribution in [3.8, 4) is 6.07 Å².